The van der Waals surface area contributed by atoms with Crippen LogP contribution in [-0.2, 0) is 18.4 Å². The minimum Gasteiger partial charge on any atom is -0.341 e. The van der Waals surface area contributed by atoms with Crippen LogP contribution in [0.1, 0.15) is 38.5 Å². The molecule has 5 nitrogen and oxygen atoms in total. The average Bonchev–Trinajstić information content (AvgIpc) is 2.79. The second-order valence-electron chi connectivity index (χ2n) is 6.57. The van der Waals surface area contributed by atoms with Crippen molar-refractivity contribution in [3.05, 3.63) is 34.7 Å². The Kier molecular flexibility index (Phi) is 4.55. The summed E-state index contributed by atoms with van der Waals surface area (Å²) in [6, 6.07) is 7.93. The number of rotatable bonds is 3. The zero-order valence-electron chi connectivity index (χ0n) is 14.0. The van der Waals surface area contributed by atoms with E-state index in [0.29, 0.717) is 6.04 Å². The highest BCUT2D eigenvalue weighted by molar-refractivity contribution is 5.81. The van der Waals surface area contributed by atoms with Gasteiger partial charge in [-0.3, -0.25) is 13.9 Å². The van der Waals surface area contributed by atoms with Gasteiger partial charge in [0.05, 0.1) is 11.0 Å². The lowest BCUT2D eigenvalue weighted by atomic mass is 10.1. The Morgan fingerprint density at radius 2 is 1.74 bits per heavy atom. The number of fused-ring (bicyclic) bond motifs is 1. The van der Waals surface area contributed by atoms with Crippen LogP contribution in [0.3, 0.4) is 0 Å². The van der Waals surface area contributed by atoms with Crippen LogP contribution in [0, 0.1) is 0 Å². The largest absolute Gasteiger partial charge is 0.341 e. The number of hydrogen-bond donors (Lipinski definition) is 0. The fraction of sp³-hybridized carbons (Fsp3) is 0.556. The SMILES string of the molecule is CN(C(=O)Cn1c(=O)n(C)c2ccccc21)C1CCCCCC1. The number of aromatic nitrogens is 2. The topological polar surface area (TPSA) is 47.2 Å². The third kappa shape index (κ3) is 3.05. The van der Waals surface area contributed by atoms with Gasteiger partial charge in [-0.05, 0) is 25.0 Å². The van der Waals surface area contributed by atoms with E-state index in [0.717, 1.165) is 23.9 Å². The van der Waals surface area contributed by atoms with Gasteiger partial charge in [-0.25, -0.2) is 4.79 Å². The van der Waals surface area contributed by atoms with Gasteiger partial charge in [0, 0.05) is 20.1 Å². The summed E-state index contributed by atoms with van der Waals surface area (Å²) in [5, 5.41) is 0. The molecule has 0 radical (unpaired) electrons. The molecule has 1 aliphatic carbocycles. The Hall–Kier alpha value is -2.04. The predicted molar refractivity (Wildman–Crippen MR) is 91.4 cm³/mol. The highest BCUT2D eigenvalue weighted by atomic mass is 16.2. The first-order valence-electron chi connectivity index (χ1n) is 8.49. The van der Waals surface area contributed by atoms with E-state index in [1.165, 1.54) is 25.7 Å². The number of carbonyl (C=O) groups is 1. The smallest absolute Gasteiger partial charge is 0.329 e. The molecule has 5 heteroatoms. The molecule has 1 fully saturated rings. The quantitative estimate of drug-likeness (QED) is 0.817. The summed E-state index contributed by atoms with van der Waals surface area (Å²) >= 11 is 0. The normalized spacial score (nSPS) is 16.4. The van der Waals surface area contributed by atoms with E-state index in [2.05, 4.69) is 0 Å². The van der Waals surface area contributed by atoms with Gasteiger partial charge in [-0.1, -0.05) is 37.8 Å². The summed E-state index contributed by atoms with van der Waals surface area (Å²) in [6.45, 7) is 0.118. The van der Waals surface area contributed by atoms with Crippen LogP contribution < -0.4 is 5.69 Å². The van der Waals surface area contributed by atoms with Gasteiger partial charge in [0.15, 0.2) is 0 Å². The highest BCUT2D eigenvalue weighted by Gasteiger charge is 2.22. The summed E-state index contributed by atoms with van der Waals surface area (Å²) in [5.41, 5.74) is 1.55. The van der Waals surface area contributed by atoms with Crippen LogP contribution in [0.4, 0.5) is 0 Å². The van der Waals surface area contributed by atoms with Crippen LogP contribution in [0.15, 0.2) is 29.1 Å². The molecular weight excluding hydrogens is 290 g/mol. The van der Waals surface area contributed by atoms with Crippen LogP contribution >= 0.6 is 0 Å². The number of likely N-dealkylation sites (N-methyl/N-ethyl adjacent to an activating group) is 1. The molecule has 1 aromatic heterocycles. The number of nitrogens with zero attached hydrogens (tertiary/aromatic N) is 3. The summed E-state index contributed by atoms with van der Waals surface area (Å²) in [4.78, 5) is 27.0. The van der Waals surface area contributed by atoms with Crippen molar-refractivity contribution >= 4 is 16.9 Å². The van der Waals surface area contributed by atoms with E-state index in [9.17, 15) is 9.59 Å². The molecule has 0 aliphatic heterocycles. The molecule has 0 spiro atoms. The van der Waals surface area contributed by atoms with Crippen molar-refractivity contribution in [1.29, 1.82) is 0 Å². The van der Waals surface area contributed by atoms with E-state index in [4.69, 9.17) is 0 Å². The zero-order valence-corrected chi connectivity index (χ0v) is 14.0. The lowest BCUT2D eigenvalue weighted by Crippen LogP contribution is -2.40. The number of aryl methyl sites for hydroxylation is 1. The van der Waals surface area contributed by atoms with Gasteiger partial charge in [0.1, 0.15) is 6.54 Å². The van der Waals surface area contributed by atoms with Crippen molar-refractivity contribution < 1.29 is 4.79 Å². The summed E-state index contributed by atoms with van der Waals surface area (Å²) in [6.07, 6.45) is 7.06. The Morgan fingerprint density at radius 3 is 2.39 bits per heavy atom. The summed E-state index contributed by atoms with van der Waals surface area (Å²) in [5.74, 6) is 0.0235. The van der Waals surface area contributed by atoms with Crippen molar-refractivity contribution in [3.8, 4) is 0 Å². The standard InChI is InChI=1S/C18H25N3O2/c1-19(14-9-5-3-4-6-10-14)17(22)13-21-16-12-8-7-11-15(16)20(2)18(21)23/h7-8,11-12,14H,3-6,9-10,13H2,1-2H3. The summed E-state index contributed by atoms with van der Waals surface area (Å²) in [7, 11) is 3.63. The third-order valence-corrected chi connectivity index (χ3v) is 5.11. The van der Waals surface area contributed by atoms with Crippen molar-refractivity contribution in [2.75, 3.05) is 7.05 Å². The molecular formula is C18H25N3O2. The van der Waals surface area contributed by atoms with E-state index in [-0.39, 0.29) is 18.1 Å². The molecule has 2 aromatic rings. The van der Waals surface area contributed by atoms with Gasteiger partial charge in [0.25, 0.3) is 0 Å². The van der Waals surface area contributed by atoms with Gasteiger partial charge in [-0.15, -0.1) is 0 Å². The maximum absolute atomic E-state index is 12.7. The fourth-order valence-electron chi connectivity index (χ4n) is 3.61. The maximum atomic E-state index is 12.7. The minimum absolute atomic E-state index is 0.0235. The van der Waals surface area contributed by atoms with Crippen molar-refractivity contribution in [2.24, 2.45) is 7.05 Å². The van der Waals surface area contributed by atoms with Gasteiger partial charge in [0.2, 0.25) is 5.91 Å². The number of hydrogen-bond acceptors (Lipinski definition) is 2. The van der Waals surface area contributed by atoms with Crippen LogP contribution in [0.2, 0.25) is 0 Å². The maximum Gasteiger partial charge on any atom is 0.329 e. The van der Waals surface area contributed by atoms with Gasteiger partial charge >= 0.3 is 5.69 Å². The average molecular weight is 315 g/mol. The molecule has 124 valence electrons. The van der Waals surface area contributed by atoms with Crippen LogP contribution in [-0.4, -0.2) is 33.0 Å². The van der Waals surface area contributed by atoms with Crippen molar-refractivity contribution in [2.45, 2.75) is 51.1 Å². The van der Waals surface area contributed by atoms with E-state index < -0.39 is 0 Å². The number of carbonyl (C=O) groups excluding carboxylic acids is 1. The molecule has 3 rings (SSSR count). The molecule has 1 amide bonds. The number of amides is 1. The number of benzene rings is 1. The molecule has 0 bridgehead atoms. The number of imidazole rings is 1. The molecule has 23 heavy (non-hydrogen) atoms. The van der Waals surface area contributed by atoms with Crippen LogP contribution in [0.25, 0.3) is 11.0 Å². The van der Waals surface area contributed by atoms with E-state index in [1.54, 1.807) is 16.2 Å². The van der Waals surface area contributed by atoms with Crippen molar-refractivity contribution in [1.82, 2.24) is 14.0 Å². The van der Waals surface area contributed by atoms with E-state index >= 15 is 0 Å². The molecule has 1 aliphatic rings. The highest BCUT2D eigenvalue weighted by Crippen LogP contribution is 2.21. The minimum atomic E-state index is -0.131. The monoisotopic (exact) mass is 315 g/mol. The second kappa shape index (κ2) is 6.60. The lowest BCUT2D eigenvalue weighted by molar-refractivity contribution is -0.132. The first-order valence-corrected chi connectivity index (χ1v) is 8.49. The molecule has 0 N–H and O–H groups in total. The molecule has 1 saturated carbocycles. The molecule has 0 saturated heterocycles. The molecule has 1 aromatic carbocycles. The second-order valence-corrected chi connectivity index (χ2v) is 6.57. The number of para-hydroxylation sites is 2. The van der Waals surface area contributed by atoms with E-state index in [1.807, 2.05) is 36.2 Å². The Labute approximate surface area is 136 Å². The van der Waals surface area contributed by atoms with Gasteiger partial charge < -0.3 is 4.90 Å². The van der Waals surface area contributed by atoms with Crippen LogP contribution in [0.5, 0.6) is 0 Å². The first kappa shape index (κ1) is 15.8. The first-order chi connectivity index (χ1) is 11.1. The Bertz CT molecular complexity index is 751. The summed E-state index contributed by atoms with van der Waals surface area (Å²) < 4.78 is 3.19. The van der Waals surface area contributed by atoms with Gasteiger partial charge in [-0.2, -0.15) is 0 Å². The third-order valence-electron chi connectivity index (χ3n) is 5.11. The molecule has 1 heterocycles. The predicted octanol–water partition coefficient (Wildman–Crippen LogP) is 2.52. The van der Waals surface area contributed by atoms with Crippen molar-refractivity contribution in [3.63, 3.8) is 0 Å². The molecule has 0 atom stereocenters. The Morgan fingerprint density at radius 1 is 1.13 bits per heavy atom. The Balaban J connectivity index is 1.82. The lowest BCUT2D eigenvalue weighted by Gasteiger charge is -2.27. The molecule has 0 unspecified atom stereocenters. The fourth-order valence-corrected chi connectivity index (χ4v) is 3.61. The zero-order chi connectivity index (χ0) is 16.4.